The Morgan fingerprint density at radius 2 is 2.25 bits per heavy atom. The topological polar surface area (TPSA) is 86.6 Å². The second-order valence-electron chi connectivity index (χ2n) is 4.99. The smallest absolute Gasteiger partial charge is 0.420 e. The van der Waals surface area contributed by atoms with E-state index in [4.69, 9.17) is 13.6 Å². The Labute approximate surface area is 137 Å². The van der Waals surface area contributed by atoms with Crippen LogP contribution in [-0.4, -0.2) is 24.1 Å². The SMILES string of the molecule is COc1ccc2oc(=O)n(CCNC(=O)/C=C/c3ccco3)c2c1. The summed E-state index contributed by atoms with van der Waals surface area (Å²) < 4.78 is 16.9. The summed E-state index contributed by atoms with van der Waals surface area (Å²) in [5, 5.41) is 2.70. The van der Waals surface area contributed by atoms with Gasteiger partial charge in [-0.15, -0.1) is 0 Å². The highest BCUT2D eigenvalue weighted by molar-refractivity contribution is 5.91. The van der Waals surface area contributed by atoms with Crippen molar-refractivity contribution < 1.29 is 18.4 Å². The molecule has 7 heteroatoms. The van der Waals surface area contributed by atoms with Crippen molar-refractivity contribution in [1.29, 1.82) is 0 Å². The van der Waals surface area contributed by atoms with Crippen LogP contribution in [0.15, 0.2) is 56.3 Å². The molecule has 3 rings (SSSR count). The van der Waals surface area contributed by atoms with Gasteiger partial charge < -0.3 is 18.9 Å². The number of carbonyl (C=O) groups is 1. The number of rotatable bonds is 6. The molecule has 0 atom stereocenters. The number of furan rings is 1. The summed E-state index contributed by atoms with van der Waals surface area (Å²) in [5.41, 5.74) is 1.10. The number of methoxy groups -OCH3 is 1. The molecule has 0 bridgehead atoms. The molecule has 0 unspecified atom stereocenters. The second kappa shape index (κ2) is 6.91. The van der Waals surface area contributed by atoms with E-state index in [1.54, 1.807) is 43.5 Å². The summed E-state index contributed by atoms with van der Waals surface area (Å²) in [6, 6.07) is 8.60. The number of ether oxygens (including phenoxy) is 1. The Balaban J connectivity index is 1.64. The second-order valence-corrected chi connectivity index (χ2v) is 4.99. The molecule has 7 nitrogen and oxygen atoms in total. The van der Waals surface area contributed by atoms with Gasteiger partial charge in [0.2, 0.25) is 5.91 Å². The van der Waals surface area contributed by atoms with Gasteiger partial charge in [-0.3, -0.25) is 9.36 Å². The highest BCUT2D eigenvalue weighted by Gasteiger charge is 2.10. The molecule has 1 N–H and O–H groups in total. The van der Waals surface area contributed by atoms with Crippen LogP contribution in [0.3, 0.4) is 0 Å². The molecule has 2 heterocycles. The van der Waals surface area contributed by atoms with Crippen molar-refractivity contribution in [3.8, 4) is 5.75 Å². The molecular weight excluding hydrogens is 312 g/mol. The number of fused-ring (bicyclic) bond motifs is 1. The summed E-state index contributed by atoms with van der Waals surface area (Å²) in [5.74, 6) is 0.472. The molecule has 0 saturated carbocycles. The molecule has 124 valence electrons. The average Bonchev–Trinajstić information content (AvgIpc) is 3.20. The minimum atomic E-state index is -0.473. The summed E-state index contributed by atoms with van der Waals surface area (Å²) in [4.78, 5) is 23.7. The molecule has 24 heavy (non-hydrogen) atoms. The number of carbonyl (C=O) groups excluding carboxylic acids is 1. The first-order chi connectivity index (χ1) is 11.7. The summed E-state index contributed by atoms with van der Waals surface area (Å²) in [6.45, 7) is 0.576. The van der Waals surface area contributed by atoms with Crippen LogP contribution in [0.2, 0.25) is 0 Å². The Morgan fingerprint density at radius 3 is 3.00 bits per heavy atom. The lowest BCUT2D eigenvalue weighted by atomic mass is 10.3. The van der Waals surface area contributed by atoms with Crippen LogP contribution in [0.25, 0.3) is 17.2 Å². The monoisotopic (exact) mass is 328 g/mol. The van der Waals surface area contributed by atoms with Gasteiger partial charge in [0, 0.05) is 25.2 Å². The number of nitrogens with zero attached hydrogens (tertiary/aromatic N) is 1. The summed E-state index contributed by atoms with van der Waals surface area (Å²) in [6.07, 6.45) is 4.47. The lowest BCUT2D eigenvalue weighted by Gasteiger charge is -2.04. The Bertz CT molecular complexity index is 918. The Morgan fingerprint density at radius 1 is 1.38 bits per heavy atom. The lowest BCUT2D eigenvalue weighted by Crippen LogP contribution is -2.28. The number of hydrogen-bond acceptors (Lipinski definition) is 5. The highest BCUT2D eigenvalue weighted by Crippen LogP contribution is 2.19. The van der Waals surface area contributed by atoms with E-state index < -0.39 is 5.76 Å². The maximum atomic E-state index is 11.9. The van der Waals surface area contributed by atoms with Crippen LogP contribution in [-0.2, 0) is 11.3 Å². The van der Waals surface area contributed by atoms with Crippen LogP contribution in [0.4, 0.5) is 0 Å². The van der Waals surface area contributed by atoms with E-state index in [0.717, 1.165) is 0 Å². The van der Waals surface area contributed by atoms with Gasteiger partial charge in [-0.05, 0) is 30.3 Å². The van der Waals surface area contributed by atoms with E-state index >= 15 is 0 Å². The van der Waals surface area contributed by atoms with Crippen molar-refractivity contribution >= 4 is 23.1 Å². The first-order valence-electron chi connectivity index (χ1n) is 7.34. The molecular formula is C17H16N2O5. The predicted molar refractivity (Wildman–Crippen MR) is 87.8 cm³/mol. The van der Waals surface area contributed by atoms with Gasteiger partial charge in [0.05, 0.1) is 18.9 Å². The molecule has 0 spiro atoms. The summed E-state index contributed by atoms with van der Waals surface area (Å²) >= 11 is 0. The normalized spacial score (nSPS) is 11.2. The van der Waals surface area contributed by atoms with Crippen LogP contribution in [0.1, 0.15) is 5.76 Å². The molecule has 0 saturated heterocycles. The molecule has 0 aliphatic heterocycles. The zero-order valence-corrected chi connectivity index (χ0v) is 13.0. The van der Waals surface area contributed by atoms with Crippen LogP contribution < -0.4 is 15.8 Å². The molecule has 0 fully saturated rings. The van der Waals surface area contributed by atoms with Crippen molar-refractivity contribution in [2.45, 2.75) is 6.54 Å². The third kappa shape index (κ3) is 3.40. The van der Waals surface area contributed by atoms with E-state index in [-0.39, 0.29) is 12.5 Å². The number of hydrogen-bond donors (Lipinski definition) is 1. The quantitative estimate of drug-likeness (QED) is 0.700. The molecule has 2 aromatic heterocycles. The van der Waals surface area contributed by atoms with E-state index in [1.165, 1.54) is 16.9 Å². The first kappa shape index (κ1) is 15.7. The maximum Gasteiger partial charge on any atom is 0.420 e. The maximum absolute atomic E-state index is 11.9. The van der Waals surface area contributed by atoms with Gasteiger partial charge in [0.1, 0.15) is 11.5 Å². The fourth-order valence-corrected chi connectivity index (χ4v) is 2.27. The molecule has 0 aliphatic rings. The zero-order chi connectivity index (χ0) is 16.9. The highest BCUT2D eigenvalue weighted by atomic mass is 16.5. The largest absolute Gasteiger partial charge is 0.497 e. The van der Waals surface area contributed by atoms with Crippen LogP contribution in [0, 0.1) is 0 Å². The molecule has 0 radical (unpaired) electrons. The first-order valence-corrected chi connectivity index (χ1v) is 7.34. The standard InChI is InChI=1S/C17H16N2O5/c1-22-13-4-6-15-14(11-13)19(17(21)24-15)9-8-18-16(20)7-5-12-3-2-10-23-12/h2-7,10-11H,8-9H2,1H3,(H,18,20)/b7-5+. The Kier molecular flexibility index (Phi) is 4.51. The van der Waals surface area contributed by atoms with Crippen molar-refractivity contribution in [1.82, 2.24) is 9.88 Å². The average molecular weight is 328 g/mol. The van der Waals surface area contributed by atoms with E-state index in [9.17, 15) is 9.59 Å². The molecule has 1 aromatic carbocycles. The number of benzene rings is 1. The molecule has 0 aliphatic carbocycles. The number of nitrogens with one attached hydrogen (secondary N) is 1. The van der Waals surface area contributed by atoms with E-state index in [2.05, 4.69) is 5.32 Å². The third-order valence-electron chi connectivity index (χ3n) is 3.45. The van der Waals surface area contributed by atoms with Crippen molar-refractivity contribution in [3.05, 3.63) is 59.0 Å². The van der Waals surface area contributed by atoms with E-state index in [1.807, 2.05) is 0 Å². The van der Waals surface area contributed by atoms with Crippen molar-refractivity contribution in [3.63, 3.8) is 0 Å². The minimum Gasteiger partial charge on any atom is -0.497 e. The van der Waals surface area contributed by atoms with Gasteiger partial charge in [-0.1, -0.05) is 0 Å². The van der Waals surface area contributed by atoms with Crippen molar-refractivity contribution in [2.24, 2.45) is 0 Å². The number of oxazole rings is 1. The molecule has 1 amide bonds. The summed E-state index contributed by atoms with van der Waals surface area (Å²) in [7, 11) is 1.55. The van der Waals surface area contributed by atoms with Crippen molar-refractivity contribution in [2.75, 3.05) is 13.7 Å². The fraction of sp³-hybridized carbons (Fsp3) is 0.176. The number of aromatic nitrogens is 1. The van der Waals surface area contributed by atoms with Gasteiger partial charge in [0.15, 0.2) is 5.58 Å². The van der Waals surface area contributed by atoms with Crippen LogP contribution >= 0.6 is 0 Å². The van der Waals surface area contributed by atoms with Gasteiger partial charge in [-0.2, -0.15) is 0 Å². The third-order valence-corrected chi connectivity index (χ3v) is 3.45. The lowest BCUT2D eigenvalue weighted by molar-refractivity contribution is -0.116. The number of amides is 1. The minimum absolute atomic E-state index is 0.273. The van der Waals surface area contributed by atoms with Crippen LogP contribution in [0.5, 0.6) is 5.75 Å². The predicted octanol–water partition coefficient (Wildman–Crippen LogP) is 2.03. The molecule has 3 aromatic rings. The van der Waals surface area contributed by atoms with Gasteiger partial charge in [-0.25, -0.2) is 4.79 Å². The van der Waals surface area contributed by atoms with E-state index in [0.29, 0.717) is 29.2 Å². The Hall–Kier alpha value is -3.22. The van der Waals surface area contributed by atoms with Gasteiger partial charge in [0.25, 0.3) is 0 Å². The zero-order valence-electron chi connectivity index (χ0n) is 13.0. The van der Waals surface area contributed by atoms with Gasteiger partial charge >= 0.3 is 5.76 Å². The fourth-order valence-electron chi connectivity index (χ4n) is 2.27.